The summed E-state index contributed by atoms with van der Waals surface area (Å²) >= 11 is 0. The van der Waals surface area contributed by atoms with E-state index in [1.54, 1.807) is 19.5 Å². The molecule has 0 saturated heterocycles. The lowest BCUT2D eigenvalue weighted by atomic mass is 9.91. The Morgan fingerprint density at radius 3 is 2.42 bits per heavy atom. The predicted octanol–water partition coefficient (Wildman–Crippen LogP) is 2.19. The first-order chi connectivity index (χ1) is 9.19. The maximum Gasteiger partial charge on any atom is 0.136 e. The predicted molar refractivity (Wildman–Crippen MR) is 75.4 cm³/mol. The highest BCUT2D eigenvalue weighted by Crippen LogP contribution is 2.30. The molecule has 0 spiro atoms. The fraction of sp³-hybridized carbons (Fsp3) is 0.333. The normalized spacial score (nSPS) is 12.2. The Labute approximate surface area is 113 Å². The van der Waals surface area contributed by atoms with E-state index in [4.69, 9.17) is 10.5 Å². The highest BCUT2D eigenvalue weighted by atomic mass is 16.5. The number of benzene rings is 1. The van der Waals surface area contributed by atoms with Crippen molar-refractivity contribution in [3.8, 4) is 5.75 Å². The third kappa shape index (κ3) is 2.58. The smallest absolute Gasteiger partial charge is 0.136 e. The topological polar surface area (TPSA) is 61.0 Å². The Balaban J connectivity index is 2.48. The van der Waals surface area contributed by atoms with Crippen LogP contribution >= 0.6 is 0 Å². The number of methoxy groups -OCH3 is 1. The third-order valence-electron chi connectivity index (χ3n) is 3.51. The van der Waals surface area contributed by atoms with Crippen LogP contribution in [0.2, 0.25) is 0 Å². The van der Waals surface area contributed by atoms with Gasteiger partial charge in [-0.25, -0.2) is 9.97 Å². The molecule has 1 aromatic carbocycles. The summed E-state index contributed by atoms with van der Waals surface area (Å²) in [5, 5.41) is 0. The van der Waals surface area contributed by atoms with Crippen molar-refractivity contribution < 1.29 is 4.74 Å². The molecule has 0 aliphatic carbocycles. The van der Waals surface area contributed by atoms with Crippen molar-refractivity contribution in [1.82, 2.24) is 9.97 Å². The zero-order valence-electron chi connectivity index (χ0n) is 11.6. The van der Waals surface area contributed by atoms with Crippen molar-refractivity contribution in [2.24, 2.45) is 5.73 Å². The Kier molecular flexibility index (Phi) is 4.12. The first-order valence-electron chi connectivity index (χ1n) is 6.30. The van der Waals surface area contributed by atoms with E-state index in [9.17, 15) is 0 Å². The molecule has 0 amide bonds. The molecule has 19 heavy (non-hydrogen) atoms. The van der Waals surface area contributed by atoms with E-state index < -0.39 is 0 Å². The minimum Gasteiger partial charge on any atom is -0.496 e. The van der Waals surface area contributed by atoms with E-state index in [0.717, 1.165) is 22.7 Å². The van der Waals surface area contributed by atoms with Crippen LogP contribution in [-0.4, -0.2) is 23.6 Å². The third-order valence-corrected chi connectivity index (χ3v) is 3.51. The van der Waals surface area contributed by atoms with Crippen LogP contribution in [-0.2, 0) is 0 Å². The van der Waals surface area contributed by atoms with Crippen LogP contribution in [0.4, 0.5) is 0 Å². The molecule has 0 radical (unpaired) electrons. The fourth-order valence-corrected chi connectivity index (χ4v) is 2.28. The summed E-state index contributed by atoms with van der Waals surface area (Å²) in [6.45, 7) is 4.62. The molecule has 0 bridgehead atoms. The fourth-order valence-electron chi connectivity index (χ4n) is 2.28. The standard InChI is InChI=1S/C15H19N3O/c1-10-11(2)14(19-3)6-5-12(10)13(9-16)15-17-7-4-8-18-15/h4-8,13H,9,16H2,1-3H3. The summed E-state index contributed by atoms with van der Waals surface area (Å²) in [4.78, 5) is 8.63. The molecule has 4 nitrogen and oxygen atoms in total. The highest BCUT2D eigenvalue weighted by molar-refractivity contribution is 5.46. The van der Waals surface area contributed by atoms with E-state index in [1.165, 1.54) is 5.56 Å². The number of ether oxygens (including phenoxy) is 1. The summed E-state index contributed by atoms with van der Waals surface area (Å²) in [6, 6.07) is 5.83. The highest BCUT2D eigenvalue weighted by Gasteiger charge is 2.19. The molecule has 100 valence electrons. The first-order valence-corrected chi connectivity index (χ1v) is 6.30. The molecule has 1 heterocycles. The van der Waals surface area contributed by atoms with Crippen molar-refractivity contribution in [3.63, 3.8) is 0 Å². The molecule has 0 fully saturated rings. The van der Waals surface area contributed by atoms with Crippen LogP contribution in [0.5, 0.6) is 5.75 Å². The largest absolute Gasteiger partial charge is 0.496 e. The van der Waals surface area contributed by atoms with Crippen LogP contribution in [0.3, 0.4) is 0 Å². The number of aromatic nitrogens is 2. The van der Waals surface area contributed by atoms with Gasteiger partial charge in [0.05, 0.1) is 13.0 Å². The number of nitrogens with two attached hydrogens (primary N) is 1. The molecular weight excluding hydrogens is 238 g/mol. The van der Waals surface area contributed by atoms with Crippen LogP contribution < -0.4 is 10.5 Å². The van der Waals surface area contributed by atoms with Gasteiger partial charge in [-0.2, -0.15) is 0 Å². The molecular formula is C15H19N3O. The van der Waals surface area contributed by atoms with Gasteiger partial charge < -0.3 is 10.5 Å². The van der Waals surface area contributed by atoms with E-state index in [1.807, 2.05) is 12.1 Å². The molecule has 1 atom stereocenters. The Bertz CT molecular complexity index is 555. The van der Waals surface area contributed by atoms with Crippen molar-refractivity contribution >= 4 is 0 Å². The van der Waals surface area contributed by atoms with Gasteiger partial charge in [-0.05, 0) is 42.7 Å². The summed E-state index contributed by atoms with van der Waals surface area (Å²) in [6.07, 6.45) is 3.49. The lowest BCUT2D eigenvalue weighted by Crippen LogP contribution is -2.17. The molecule has 0 aliphatic heterocycles. The van der Waals surface area contributed by atoms with Gasteiger partial charge in [-0.3, -0.25) is 0 Å². The average Bonchev–Trinajstić information content (AvgIpc) is 2.45. The minimum absolute atomic E-state index is 0.0193. The lowest BCUT2D eigenvalue weighted by molar-refractivity contribution is 0.411. The van der Waals surface area contributed by atoms with Crippen molar-refractivity contribution in [3.05, 3.63) is 53.1 Å². The van der Waals surface area contributed by atoms with Gasteiger partial charge in [0.15, 0.2) is 0 Å². The second kappa shape index (κ2) is 5.80. The minimum atomic E-state index is 0.0193. The van der Waals surface area contributed by atoms with Gasteiger partial charge in [-0.15, -0.1) is 0 Å². The monoisotopic (exact) mass is 257 g/mol. The second-order valence-electron chi connectivity index (χ2n) is 4.50. The maximum atomic E-state index is 5.92. The number of hydrogen-bond donors (Lipinski definition) is 1. The summed E-state index contributed by atoms with van der Waals surface area (Å²) in [5.41, 5.74) is 9.39. The van der Waals surface area contributed by atoms with Crippen LogP contribution in [0, 0.1) is 13.8 Å². The zero-order chi connectivity index (χ0) is 13.8. The van der Waals surface area contributed by atoms with Crippen molar-refractivity contribution in [2.75, 3.05) is 13.7 Å². The number of nitrogens with zero attached hydrogens (tertiary/aromatic N) is 2. The zero-order valence-corrected chi connectivity index (χ0v) is 11.6. The summed E-state index contributed by atoms with van der Waals surface area (Å²) in [5.74, 6) is 1.68. The van der Waals surface area contributed by atoms with Gasteiger partial charge in [0, 0.05) is 18.9 Å². The molecule has 2 N–H and O–H groups in total. The first kappa shape index (κ1) is 13.5. The van der Waals surface area contributed by atoms with Gasteiger partial charge in [0.2, 0.25) is 0 Å². The van der Waals surface area contributed by atoms with E-state index in [-0.39, 0.29) is 5.92 Å². The summed E-state index contributed by atoms with van der Waals surface area (Å²) in [7, 11) is 1.68. The molecule has 0 saturated carbocycles. The second-order valence-corrected chi connectivity index (χ2v) is 4.50. The van der Waals surface area contributed by atoms with Crippen LogP contribution in [0.25, 0.3) is 0 Å². The molecule has 2 aromatic rings. The van der Waals surface area contributed by atoms with Crippen molar-refractivity contribution in [2.45, 2.75) is 19.8 Å². The molecule has 1 unspecified atom stereocenters. The quantitative estimate of drug-likeness (QED) is 0.912. The van der Waals surface area contributed by atoms with Crippen LogP contribution in [0.15, 0.2) is 30.6 Å². The van der Waals surface area contributed by atoms with E-state index >= 15 is 0 Å². The molecule has 4 heteroatoms. The van der Waals surface area contributed by atoms with Crippen molar-refractivity contribution in [1.29, 1.82) is 0 Å². The Hall–Kier alpha value is -1.94. The van der Waals surface area contributed by atoms with E-state index in [0.29, 0.717) is 6.54 Å². The number of rotatable bonds is 4. The summed E-state index contributed by atoms with van der Waals surface area (Å²) < 4.78 is 5.34. The number of hydrogen-bond acceptors (Lipinski definition) is 4. The van der Waals surface area contributed by atoms with Gasteiger partial charge in [-0.1, -0.05) is 6.07 Å². The maximum absolute atomic E-state index is 5.92. The SMILES string of the molecule is COc1ccc(C(CN)c2ncccn2)c(C)c1C. The molecule has 1 aromatic heterocycles. The van der Waals surface area contributed by atoms with Gasteiger partial charge in [0.25, 0.3) is 0 Å². The van der Waals surface area contributed by atoms with Gasteiger partial charge >= 0.3 is 0 Å². The Morgan fingerprint density at radius 2 is 1.84 bits per heavy atom. The lowest BCUT2D eigenvalue weighted by Gasteiger charge is -2.19. The molecule has 2 rings (SSSR count). The average molecular weight is 257 g/mol. The molecule has 0 aliphatic rings. The Morgan fingerprint density at radius 1 is 1.16 bits per heavy atom. The van der Waals surface area contributed by atoms with Gasteiger partial charge in [0.1, 0.15) is 11.6 Å². The van der Waals surface area contributed by atoms with E-state index in [2.05, 4.69) is 29.9 Å². The van der Waals surface area contributed by atoms with Crippen LogP contribution in [0.1, 0.15) is 28.4 Å².